The molecule has 0 spiro atoms. The second kappa shape index (κ2) is 5.29. The molecule has 0 aliphatic carbocycles. The number of halogens is 1. The zero-order valence-electron chi connectivity index (χ0n) is 8.82. The third-order valence-corrected chi connectivity index (χ3v) is 5.28. The molecule has 2 atom stereocenters. The van der Waals surface area contributed by atoms with Crippen LogP contribution in [0.3, 0.4) is 0 Å². The number of hydrogen-bond donors (Lipinski definition) is 1. The van der Waals surface area contributed by atoms with Crippen LogP contribution in [-0.2, 0) is 15.5 Å². The second-order valence-corrected chi connectivity index (χ2v) is 6.38. The number of ether oxygens (including phenoxy) is 1. The van der Waals surface area contributed by atoms with E-state index in [1.54, 1.807) is 12.1 Å². The minimum absolute atomic E-state index is 0.105. The van der Waals surface area contributed by atoms with Gasteiger partial charge in [-0.15, -0.1) is 0 Å². The number of hydrogen-bond acceptors (Lipinski definition) is 3. The Labute approximate surface area is 106 Å². The van der Waals surface area contributed by atoms with Crippen molar-refractivity contribution >= 4 is 32.4 Å². The zero-order chi connectivity index (χ0) is 11.5. The topological polar surface area (TPSA) is 52.3 Å². The molecule has 0 radical (unpaired) electrons. The summed E-state index contributed by atoms with van der Waals surface area (Å²) in [5.74, 6) is 0. The Kier molecular flexibility index (Phi) is 4.00. The Morgan fingerprint density at radius 3 is 2.94 bits per heavy atom. The number of nitrogens with two attached hydrogens (primary N) is 1. The van der Waals surface area contributed by atoms with Crippen molar-refractivity contribution in [1.82, 2.24) is 0 Å². The van der Waals surface area contributed by atoms with E-state index in [0.717, 1.165) is 28.8 Å². The Balaban J connectivity index is 2.19. The summed E-state index contributed by atoms with van der Waals surface area (Å²) >= 11 is 3.40. The predicted molar refractivity (Wildman–Crippen MR) is 68.8 cm³/mol. The first kappa shape index (κ1) is 12.1. The van der Waals surface area contributed by atoms with E-state index in [0.29, 0.717) is 12.3 Å². The first-order valence-corrected chi connectivity index (χ1v) is 7.22. The highest BCUT2D eigenvalue weighted by atomic mass is 79.9. The van der Waals surface area contributed by atoms with Crippen LogP contribution < -0.4 is 5.73 Å². The lowest BCUT2D eigenvalue weighted by molar-refractivity contribution is 0.100. The van der Waals surface area contributed by atoms with Gasteiger partial charge < -0.3 is 10.5 Å². The molecular formula is C11H14BrNO2S. The van der Waals surface area contributed by atoms with E-state index >= 15 is 0 Å². The maximum absolute atomic E-state index is 12.3. The van der Waals surface area contributed by atoms with Gasteiger partial charge in [0.2, 0.25) is 0 Å². The maximum Gasteiger partial charge on any atom is 0.0629 e. The van der Waals surface area contributed by atoms with E-state index in [1.807, 2.05) is 6.07 Å². The number of nitrogen functional groups attached to an aromatic ring is 1. The van der Waals surface area contributed by atoms with Crippen LogP contribution in [0.15, 0.2) is 27.6 Å². The smallest absolute Gasteiger partial charge is 0.0629 e. The molecule has 1 heterocycles. The Bertz CT molecular complexity index is 405. The summed E-state index contributed by atoms with van der Waals surface area (Å²) in [5.41, 5.74) is 6.33. The molecule has 2 N–H and O–H groups in total. The van der Waals surface area contributed by atoms with Gasteiger partial charge in [-0.05, 0) is 47.0 Å². The molecule has 1 fully saturated rings. The van der Waals surface area contributed by atoms with Crippen molar-refractivity contribution in [3.05, 3.63) is 22.7 Å². The minimum Gasteiger partial charge on any atom is -0.399 e. The predicted octanol–water partition coefficient (Wildman–Crippen LogP) is 2.32. The summed E-state index contributed by atoms with van der Waals surface area (Å²) in [7, 11) is -1.02. The fourth-order valence-corrected chi connectivity index (χ4v) is 4.03. The highest BCUT2D eigenvalue weighted by molar-refractivity contribution is 9.10. The summed E-state index contributed by atoms with van der Waals surface area (Å²) in [6.45, 7) is 1.38. The van der Waals surface area contributed by atoms with E-state index in [1.165, 1.54) is 0 Å². The molecule has 1 aromatic rings. The quantitative estimate of drug-likeness (QED) is 0.853. The van der Waals surface area contributed by atoms with Crippen LogP contribution in [-0.4, -0.2) is 22.7 Å². The van der Waals surface area contributed by atoms with Gasteiger partial charge in [0.25, 0.3) is 0 Å². The molecule has 16 heavy (non-hydrogen) atoms. The van der Waals surface area contributed by atoms with Gasteiger partial charge in [0.1, 0.15) is 0 Å². The number of anilines is 1. The molecule has 1 aliphatic heterocycles. The molecule has 2 unspecified atom stereocenters. The molecule has 0 saturated carbocycles. The van der Waals surface area contributed by atoms with Crippen LogP contribution in [0.4, 0.5) is 5.69 Å². The van der Waals surface area contributed by atoms with Gasteiger partial charge in [-0.2, -0.15) is 0 Å². The summed E-state index contributed by atoms with van der Waals surface area (Å²) in [6, 6.07) is 5.39. The van der Waals surface area contributed by atoms with Crippen LogP contribution in [0, 0.1) is 0 Å². The normalized spacial score (nSPS) is 22.9. The van der Waals surface area contributed by atoms with Crippen molar-refractivity contribution in [1.29, 1.82) is 0 Å². The molecule has 2 rings (SSSR count). The zero-order valence-corrected chi connectivity index (χ0v) is 11.2. The first-order chi connectivity index (χ1) is 7.68. The van der Waals surface area contributed by atoms with Gasteiger partial charge in [0.15, 0.2) is 0 Å². The van der Waals surface area contributed by atoms with Gasteiger partial charge in [-0.3, -0.25) is 4.21 Å². The van der Waals surface area contributed by atoms with Crippen LogP contribution in [0.1, 0.15) is 12.8 Å². The molecule has 0 bridgehead atoms. The van der Waals surface area contributed by atoms with Gasteiger partial charge in [0.05, 0.1) is 27.6 Å². The van der Waals surface area contributed by atoms with Crippen molar-refractivity contribution in [3.63, 3.8) is 0 Å². The number of rotatable bonds is 2. The van der Waals surface area contributed by atoms with E-state index in [9.17, 15) is 4.21 Å². The third-order valence-electron chi connectivity index (χ3n) is 2.59. The van der Waals surface area contributed by atoms with Crippen molar-refractivity contribution in [2.24, 2.45) is 0 Å². The lowest BCUT2D eigenvalue weighted by Gasteiger charge is -2.21. The molecule has 5 heteroatoms. The van der Waals surface area contributed by atoms with Crippen LogP contribution >= 0.6 is 15.9 Å². The minimum atomic E-state index is -1.02. The highest BCUT2D eigenvalue weighted by Crippen LogP contribution is 2.27. The summed E-state index contributed by atoms with van der Waals surface area (Å²) in [4.78, 5) is 0.810. The first-order valence-electron chi connectivity index (χ1n) is 5.22. The Morgan fingerprint density at radius 1 is 1.50 bits per heavy atom. The molecule has 1 aromatic carbocycles. The van der Waals surface area contributed by atoms with E-state index in [-0.39, 0.29) is 5.25 Å². The molecule has 3 nitrogen and oxygen atoms in total. The van der Waals surface area contributed by atoms with Crippen LogP contribution in [0.25, 0.3) is 0 Å². The molecule has 1 saturated heterocycles. The van der Waals surface area contributed by atoms with Crippen molar-refractivity contribution in [2.45, 2.75) is 23.0 Å². The van der Waals surface area contributed by atoms with E-state index in [2.05, 4.69) is 15.9 Å². The highest BCUT2D eigenvalue weighted by Gasteiger charge is 2.23. The van der Waals surface area contributed by atoms with Crippen LogP contribution in [0.5, 0.6) is 0 Å². The van der Waals surface area contributed by atoms with Crippen molar-refractivity contribution in [2.75, 3.05) is 18.9 Å². The molecule has 0 amide bonds. The Hall–Kier alpha value is -0.390. The largest absolute Gasteiger partial charge is 0.399 e. The lowest BCUT2D eigenvalue weighted by Crippen LogP contribution is -2.27. The second-order valence-electron chi connectivity index (χ2n) is 3.83. The Morgan fingerprint density at radius 2 is 2.31 bits per heavy atom. The third kappa shape index (κ3) is 2.64. The molecule has 1 aliphatic rings. The van der Waals surface area contributed by atoms with Gasteiger partial charge in [0, 0.05) is 16.8 Å². The van der Waals surface area contributed by atoms with Gasteiger partial charge in [-0.1, -0.05) is 0 Å². The SMILES string of the molecule is Nc1ccc(S(=O)C2CCCOC2)c(Br)c1. The van der Waals surface area contributed by atoms with Crippen LogP contribution in [0.2, 0.25) is 0 Å². The van der Waals surface area contributed by atoms with E-state index in [4.69, 9.17) is 10.5 Å². The maximum atomic E-state index is 12.3. The fourth-order valence-electron chi connectivity index (χ4n) is 1.74. The molecular weight excluding hydrogens is 290 g/mol. The van der Waals surface area contributed by atoms with Crippen molar-refractivity contribution in [3.8, 4) is 0 Å². The molecule has 88 valence electrons. The average Bonchev–Trinajstić information content (AvgIpc) is 2.29. The van der Waals surface area contributed by atoms with Crippen molar-refractivity contribution < 1.29 is 8.95 Å². The fraction of sp³-hybridized carbons (Fsp3) is 0.455. The lowest BCUT2D eigenvalue weighted by atomic mass is 10.2. The molecule has 0 aromatic heterocycles. The summed E-state index contributed by atoms with van der Waals surface area (Å²) in [5, 5.41) is 0.105. The monoisotopic (exact) mass is 303 g/mol. The standard InChI is InChI=1S/C11H14BrNO2S/c12-10-6-8(13)3-4-11(10)16(14)9-2-1-5-15-7-9/h3-4,6,9H,1-2,5,7,13H2. The van der Waals surface area contributed by atoms with Gasteiger partial charge >= 0.3 is 0 Å². The summed E-state index contributed by atoms with van der Waals surface area (Å²) < 4.78 is 18.5. The summed E-state index contributed by atoms with van der Waals surface area (Å²) in [6.07, 6.45) is 1.95. The van der Waals surface area contributed by atoms with E-state index < -0.39 is 10.8 Å². The van der Waals surface area contributed by atoms with Gasteiger partial charge in [-0.25, -0.2) is 0 Å². The average molecular weight is 304 g/mol. The number of benzene rings is 1.